The van der Waals surface area contributed by atoms with Crippen LogP contribution in [-0.2, 0) is 6.42 Å². The lowest BCUT2D eigenvalue weighted by molar-refractivity contribution is 0.156. The van der Waals surface area contributed by atoms with Gasteiger partial charge in [-0.3, -0.25) is 0 Å². The minimum absolute atomic E-state index is 0.306. The molecule has 19 heavy (non-hydrogen) atoms. The van der Waals surface area contributed by atoms with Crippen LogP contribution in [0.2, 0.25) is 0 Å². The van der Waals surface area contributed by atoms with Crippen molar-refractivity contribution in [1.29, 1.82) is 0 Å². The Morgan fingerprint density at radius 3 is 3.05 bits per heavy atom. The van der Waals surface area contributed by atoms with Gasteiger partial charge in [0.2, 0.25) is 0 Å². The fourth-order valence-electron chi connectivity index (χ4n) is 2.60. The van der Waals surface area contributed by atoms with Crippen molar-refractivity contribution in [3.05, 3.63) is 42.0 Å². The number of fused-ring (bicyclic) bond motifs is 1. The third kappa shape index (κ3) is 4.10. The molecule has 1 aromatic carbocycles. The predicted octanol–water partition coefficient (Wildman–Crippen LogP) is 4.18. The van der Waals surface area contributed by atoms with Gasteiger partial charge in [0.05, 0.1) is 12.7 Å². The normalized spacial score (nSPS) is 17.8. The molecule has 0 bridgehead atoms. The summed E-state index contributed by atoms with van der Waals surface area (Å²) < 4.78 is 5.76. The van der Waals surface area contributed by atoms with E-state index in [2.05, 4.69) is 12.6 Å². The molecule has 0 radical (unpaired) electrons. The third-order valence-corrected chi connectivity index (χ3v) is 3.72. The highest BCUT2D eigenvalue weighted by molar-refractivity contribution is 5.38. The maximum absolute atomic E-state index is 9.99. The average Bonchev–Trinajstić information content (AvgIpc) is 2.43. The number of ether oxygens (including phenoxy) is 1. The van der Waals surface area contributed by atoms with Crippen molar-refractivity contribution in [2.45, 2.75) is 51.0 Å². The molecule has 1 N–H and O–H groups in total. The number of rotatable bonds is 7. The summed E-state index contributed by atoms with van der Waals surface area (Å²) in [6, 6.07) is 6.15. The Hall–Kier alpha value is -1.28. The van der Waals surface area contributed by atoms with E-state index >= 15 is 0 Å². The van der Waals surface area contributed by atoms with E-state index in [0.29, 0.717) is 0 Å². The molecular weight excluding hydrogens is 236 g/mol. The molecule has 0 heterocycles. The van der Waals surface area contributed by atoms with E-state index in [-0.39, 0.29) is 6.10 Å². The Bertz CT molecular complexity index is 412. The topological polar surface area (TPSA) is 29.5 Å². The number of hydrogen-bond donors (Lipinski definition) is 1. The molecule has 0 aliphatic heterocycles. The second kappa shape index (κ2) is 7.34. The quantitative estimate of drug-likeness (QED) is 0.588. The van der Waals surface area contributed by atoms with Gasteiger partial charge < -0.3 is 9.84 Å². The van der Waals surface area contributed by atoms with E-state index in [9.17, 15) is 5.11 Å². The lowest BCUT2D eigenvalue weighted by atomic mass is 9.89. The predicted molar refractivity (Wildman–Crippen MR) is 78.5 cm³/mol. The first kappa shape index (κ1) is 14.1. The van der Waals surface area contributed by atoms with Crippen molar-refractivity contribution in [1.82, 2.24) is 0 Å². The van der Waals surface area contributed by atoms with Crippen LogP contribution in [0.4, 0.5) is 0 Å². The summed E-state index contributed by atoms with van der Waals surface area (Å²) in [6.45, 7) is 4.48. The van der Waals surface area contributed by atoms with Crippen molar-refractivity contribution in [2.75, 3.05) is 6.61 Å². The summed E-state index contributed by atoms with van der Waals surface area (Å²) >= 11 is 0. The molecular formula is C17H24O2. The lowest BCUT2D eigenvalue weighted by Gasteiger charge is -2.22. The Kier molecular flexibility index (Phi) is 5.46. The summed E-state index contributed by atoms with van der Waals surface area (Å²) in [5.74, 6) is 0.892. The number of unbranched alkanes of at least 4 members (excludes halogenated alkanes) is 3. The van der Waals surface area contributed by atoms with E-state index < -0.39 is 0 Å². The van der Waals surface area contributed by atoms with Gasteiger partial charge in [-0.15, -0.1) is 6.58 Å². The first-order chi connectivity index (χ1) is 9.31. The van der Waals surface area contributed by atoms with Crippen molar-refractivity contribution < 1.29 is 9.84 Å². The third-order valence-electron chi connectivity index (χ3n) is 3.72. The van der Waals surface area contributed by atoms with Crippen LogP contribution in [0, 0.1) is 0 Å². The first-order valence-corrected chi connectivity index (χ1v) is 7.36. The second-order valence-electron chi connectivity index (χ2n) is 5.26. The molecule has 0 saturated heterocycles. The van der Waals surface area contributed by atoms with Crippen LogP contribution < -0.4 is 4.74 Å². The second-order valence-corrected chi connectivity index (χ2v) is 5.26. The Labute approximate surface area is 116 Å². The smallest absolute Gasteiger partial charge is 0.119 e. The first-order valence-electron chi connectivity index (χ1n) is 7.36. The summed E-state index contributed by atoms with van der Waals surface area (Å²) in [7, 11) is 0. The van der Waals surface area contributed by atoms with Crippen LogP contribution >= 0.6 is 0 Å². The molecule has 0 spiro atoms. The van der Waals surface area contributed by atoms with Crippen LogP contribution in [0.25, 0.3) is 0 Å². The number of hydrogen-bond acceptors (Lipinski definition) is 2. The average molecular weight is 260 g/mol. The molecule has 2 nitrogen and oxygen atoms in total. The van der Waals surface area contributed by atoms with Gasteiger partial charge >= 0.3 is 0 Å². The van der Waals surface area contributed by atoms with Crippen LogP contribution in [0.5, 0.6) is 5.75 Å². The van der Waals surface area contributed by atoms with Crippen molar-refractivity contribution in [3.63, 3.8) is 0 Å². The number of aliphatic hydroxyl groups is 1. The lowest BCUT2D eigenvalue weighted by Crippen LogP contribution is -2.09. The number of benzene rings is 1. The zero-order valence-corrected chi connectivity index (χ0v) is 11.6. The molecule has 2 rings (SSSR count). The molecule has 1 aliphatic carbocycles. The van der Waals surface area contributed by atoms with Crippen LogP contribution in [-0.4, -0.2) is 11.7 Å². The molecule has 2 heteroatoms. The molecule has 1 atom stereocenters. The number of aryl methyl sites for hydroxylation is 1. The highest BCUT2D eigenvalue weighted by atomic mass is 16.5. The molecule has 1 unspecified atom stereocenters. The molecule has 0 fully saturated rings. The van der Waals surface area contributed by atoms with Gasteiger partial charge in [-0.25, -0.2) is 0 Å². The summed E-state index contributed by atoms with van der Waals surface area (Å²) in [5.41, 5.74) is 2.34. The van der Waals surface area contributed by atoms with E-state index in [1.807, 2.05) is 18.2 Å². The van der Waals surface area contributed by atoms with Crippen molar-refractivity contribution in [2.24, 2.45) is 0 Å². The monoisotopic (exact) mass is 260 g/mol. The minimum atomic E-state index is -0.306. The zero-order chi connectivity index (χ0) is 13.5. The van der Waals surface area contributed by atoms with E-state index in [4.69, 9.17) is 4.74 Å². The van der Waals surface area contributed by atoms with Crippen LogP contribution in [0.15, 0.2) is 30.9 Å². The Morgan fingerprint density at radius 2 is 2.21 bits per heavy atom. The van der Waals surface area contributed by atoms with Crippen LogP contribution in [0.3, 0.4) is 0 Å². The molecule has 1 aliphatic rings. The molecule has 104 valence electrons. The minimum Gasteiger partial charge on any atom is -0.494 e. The highest BCUT2D eigenvalue weighted by Gasteiger charge is 2.18. The summed E-state index contributed by atoms with van der Waals surface area (Å²) in [6.07, 6.45) is 9.23. The van der Waals surface area contributed by atoms with Gasteiger partial charge in [0, 0.05) is 0 Å². The fourth-order valence-corrected chi connectivity index (χ4v) is 2.60. The van der Waals surface area contributed by atoms with Gasteiger partial charge in [-0.1, -0.05) is 12.1 Å². The van der Waals surface area contributed by atoms with Crippen molar-refractivity contribution in [3.8, 4) is 5.75 Å². The Morgan fingerprint density at radius 1 is 1.32 bits per heavy atom. The maximum Gasteiger partial charge on any atom is 0.119 e. The SMILES string of the molecule is C=CCCCCCOc1ccc2c(c1)C(O)CCC2. The largest absolute Gasteiger partial charge is 0.494 e. The van der Waals surface area contributed by atoms with Crippen LogP contribution in [0.1, 0.15) is 55.8 Å². The standard InChI is InChI=1S/C17H24O2/c1-2-3-4-5-6-12-19-15-11-10-14-8-7-9-17(18)16(14)13-15/h2,10-11,13,17-18H,1,3-9,12H2. The van der Waals surface area contributed by atoms with E-state index in [1.54, 1.807) is 0 Å². The van der Waals surface area contributed by atoms with Gasteiger partial charge in [0.25, 0.3) is 0 Å². The number of allylic oxidation sites excluding steroid dienone is 1. The van der Waals surface area contributed by atoms with E-state index in [0.717, 1.165) is 50.0 Å². The maximum atomic E-state index is 9.99. The van der Waals surface area contributed by atoms with Gasteiger partial charge in [-0.2, -0.15) is 0 Å². The fraction of sp³-hybridized carbons (Fsp3) is 0.529. The summed E-state index contributed by atoms with van der Waals surface area (Å²) in [4.78, 5) is 0. The molecule has 0 aromatic heterocycles. The van der Waals surface area contributed by atoms with Gasteiger partial charge in [0.1, 0.15) is 5.75 Å². The molecule has 1 aromatic rings. The Balaban J connectivity index is 1.81. The molecule has 0 saturated carbocycles. The molecule has 0 amide bonds. The van der Waals surface area contributed by atoms with E-state index in [1.165, 1.54) is 18.4 Å². The highest BCUT2D eigenvalue weighted by Crippen LogP contribution is 2.32. The number of aliphatic hydroxyl groups excluding tert-OH is 1. The zero-order valence-electron chi connectivity index (χ0n) is 11.6. The van der Waals surface area contributed by atoms with Gasteiger partial charge in [-0.05, 0) is 68.2 Å². The summed E-state index contributed by atoms with van der Waals surface area (Å²) in [5, 5.41) is 9.99. The van der Waals surface area contributed by atoms with Gasteiger partial charge in [0.15, 0.2) is 0 Å². The van der Waals surface area contributed by atoms with Crippen molar-refractivity contribution >= 4 is 0 Å².